The van der Waals surface area contributed by atoms with Crippen LogP contribution in [0.1, 0.15) is 16.8 Å². The highest BCUT2D eigenvalue weighted by molar-refractivity contribution is 5.77. The summed E-state index contributed by atoms with van der Waals surface area (Å²) in [5.41, 5.74) is 3.48. The summed E-state index contributed by atoms with van der Waals surface area (Å²) in [4.78, 5) is 20.8. The number of benzene rings is 1. The largest absolute Gasteiger partial charge is 0.484 e. The van der Waals surface area contributed by atoms with Gasteiger partial charge in [-0.25, -0.2) is 4.98 Å². The van der Waals surface area contributed by atoms with Crippen LogP contribution in [0.25, 0.3) is 0 Å². The van der Waals surface area contributed by atoms with Gasteiger partial charge in [-0.1, -0.05) is 6.07 Å². The lowest BCUT2D eigenvalue weighted by Gasteiger charge is -2.34. The number of aryl methyl sites for hydroxylation is 3. The van der Waals surface area contributed by atoms with Gasteiger partial charge in [0.2, 0.25) is 0 Å². The maximum Gasteiger partial charge on any atom is 0.260 e. The van der Waals surface area contributed by atoms with Gasteiger partial charge in [-0.3, -0.25) is 9.69 Å². The number of amides is 1. The molecule has 6 heteroatoms. The van der Waals surface area contributed by atoms with Crippen molar-refractivity contribution in [2.75, 3.05) is 32.8 Å². The predicted octanol–water partition coefficient (Wildman–Crippen LogP) is 1.76. The van der Waals surface area contributed by atoms with Crippen molar-refractivity contribution in [3.05, 3.63) is 47.5 Å². The van der Waals surface area contributed by atoms with E-state index in [1.165, 1.54) is 5.69 Å². The minimum absolute atomic E-state index is 0.0549. The number of carbonyl (C=O) groups is 1. The Kier molecular flexibility index (Phi) is 5.38. The summed E-state index contributed by atoms with van der Waals surface area (Å²) < 4.78 is 7.73. The molecule has 3 rings (SSSR count). The lowest BCUT2D eigenvalue weighted by Crippen LogP contribution is -2.49. The van der Waals surface area contributed by atoms with Crippen molar-refractivity contribution in [2.45, 2.75) is 20.4 Å². The fraction of sp³-hybridized carbons (Fsp3) is 0.474. The van der Waals surface area contributed by atoms with E-state index in [-0.39, 0.29) is 12.5 Å². The van der Waals surface area contributed by atoms with Crippen LogP contribution in [0.3, 0.4) is 0 Å². The number of imidazole rings is 1. The summed E-state index contributed by atoms with van der Waals surface area (Å²) >= 11 is 0. The molecule has 0 aliphatic carbocycles. The third-order valence-electron chi connectivity index (χ3n) is 4.58. The Hall–Kier alpha value is -2.34. The Labute approximate surface area is 149 Å². The molecule has 0 spiro atoms. The van der Waals surface area contributed by atoms with Crippen molar-refractivity contribution in [2.24, 2.45) is 7.05 Å². The molecular weight excluding hydrogens is 316 g/mol. The van der Waals surface area contributed by atoms with Crippen molar-refractivity contribution < 1.29 is 9.53 Å². The van der Waals surface area contributed by atoms with Gasteiger partial charge in [-0.2, -0.15) is 0 Å². The highest BCUT2D eigenvalue weighted by Gasteiger charge is 2.22. The summed E-state index contributed by atoms with van der Waals surface area (Å²) in [6.45, 7) is 8.27. The van der Waals surface area contributed by atoms with Crippen molar-refractivity contribution in [3.8, 4) is 5.75 Å². The molecule has 1 fully saturated rings. The molecular formula is C19H26N4O2. The topological polar surface area (TPSA) is 50.6 Å². The normalized spacial score (nSPS) is 15.4. The lowest BCUT2D eigenvalue weighted by molar-refractivity contribution is -0.135. The van der Waals surface area contributed by atoms with Crippen LogP contribution in [0.2, 0.25) is 0 Å². The first-order valence-corrected chi connectivity index (χ1v) is 8.67. The number of rotatable bonds is 5. The molecule has 2 aromatic rings. The molecule has 1 aromatic carbocycles. The van der Waals surface area contributed by atoms with Gasteiger partial charge < -0.3 is 14.2 Å². The van der Waals surface area contributed by atoms with E-state index >= 15 is 0 Å². The van der Waals surface area contributed by atoms with Gasteiger partial charge in [-0.05, 0) is 37.1 Å². The number of nitrogens with zero attached hydrogens (tertiary/aromatic N) is 4. The molecule has 1 saturated heterocycles. The van der Waals surface area contributed by atoms with Crippen LogP contribution in [0, 0.1) is 13.8 Å². The quantitative estimate of drug-likeness (QED) is 0.831. The smallest absolute Gasteiger partial charge is 0.260 e. The van der Waals surface area contributed by atoms with Crippen molar-refractivity contribution >= 4 is 5.91 Å². The van der Waals surface area contributed by atoms with Crippen LogP contribution < -0.4 is 4.74 Å². The number of aromatic nitrogens is 2. The maximum atomic E-state index is 12.4. The molecule has 1 aliphatic heterocycles. The van der Waals surface area contributed by atoms with E-state index in [4.69, 9.17) is 4.74 Å². The summed E-state index contributed by atoms with van der Waals surface area (Å²) in [5.74, 6) is 0.819. The van der Waals surface area contributed by atoms with E-state index in [2.05, 4.69) is 16.0 Å². The summed E-state index contributed by atoms with van der Waals surface area (Å²) in [6.07, 6.45) is 3.72. The molecule has 1 aromatic heterocycles. The molecule has 1 aliphatic rings. The van der Waals surface area contributed by atoms with Gasteiger partial charge in [0.05, 0.1) is 12.0 Å². The molecule has 0 bridgehead atoms. The van der Waals surface area contributed by atoms with Crippen LogP contribution in [0.4, 0.5) is 0 Å². The molecule has 0 radical (unpaired) electrons. The fourth-order valence-electron chi connectivity index (χ4n) is 3.17. The highest BCUT2D eigenvalue weighted by Crippen LogP contribution is 2.16. The molecule has 0 unspecified atom stereocenters. The van der Waals surface area contributed by atoms with E-state index < -0.39 is 0 Å². The Morgan fingerprint density at radius 1 is 1.12 bits per heavy atom. The van der Waals surface area contributed by atoms with Crippen molar-refractivity contribution in [3.63, 3.8) is 0 Å². The second-order valence-electron chi connectivity index (χ2n) is 6.76. The monoisotopic (exact) mass is 342 g/mol. The minimum atomic E-state index is 0.0549. The molecule has 134 valence electrons. The van der Waals surface area contributed by atoms with Crippen molar-refractivity contribution in [1.29, 1.82) is 0 Å². The highest BCUT2D eigenvalue weighted by atomic mass is 16.5. The average molecular weight is 342 g/mol. The minimum Gasteiger partial charge on any atom is -0.484 e. The van der Waals surface area contributed by atoms with Gasteiger partial charge >= 0.3 is 0 Å². The summed E-state index contributed by atoms with van der Waals surface area (Å²) in [6, 6.07) is 6.02. The SMILES string of the molecule is Cc1cc(C)cc(OCC(=O)N2CCN(Cc3cncn3C)CC2)c1. The van der Waals surface area contributed by atoms with Crippen LogP contribution in [0.5, 0.6) is 5.75 Å². The van der Waals surface area contributed by atoms with E-state index in [9.17, 15) is 4.79 Å². The Morgan fingerprint density at radius 2 is 1.80 bits per heavy atom. The molecule has 6 nitrogen and oxygen atoms in total. The molecule has 0 saturated carbocycles. The second kappa shape index (κ2) is 7.70. The molecule has 2 heterocycles. The standard InChI is InChI=1S/C19H26N4O2/c1-15-8-16(2)10-18(9-15)25-13-19(24)23-6-4-22(5-7-23)12-17-11-20-14-21(17)3/h8-11,14H,4-7,12-13H2,1-3H3. The first kappa shape index (κ1) is 17.5. The number of hydrogen-bond donors (Lipinski definition) is 0. The van der Waals surface area contributed by atoms with Gasteiger partial charge in [0.1, 0.15) is 5.75 Å². The van der Waals surface area contributed by atoms with Crippen LogP contribution >= 0.6 is 0 Å². The third-order valence-corrected chi connectivity index (χ3v) is 4.58. The van der Waals surface area contributed by atoms with Gasteiger partial charge in [0, 0.05) is 46.0 Å². The Balaban J connectivity index is 1.46. The maximum absolute atomic E-state index is 12.4. The zero-order valence-corrected chi connectivity index (χ0v) is 15.2. The summed E-state index contributed by atoms with van der Waals surface area (Å²) in [7, 11) is 2.01. The lowest BCUT2D eigenvalue weighted by atomic mass is 10.1. The second-order valence-corrected chi connectivity index (χ2v) is 6.76. The average Bonchev–Trinajstić information content (AvgIpc) is 2.97. The molecule has 0 atom stereocenters. The van der Waals surface area contributed by atoms with Crippen LogP contribution in [-0.4, -0.2) is 58.0 Å². The van der Waals surface area contributed by atoms with Gasteiger partial charge in [-0.15, -0.1) is 0 Å². The van der Waals surface area contributed by atoms with E-state index in [1.54, 1.807) is 0 Å². The number of piperazine rings is 1. The van der Waals surface area contributed by atoms with E-state index in [0.29, 0.717) is 0 Å². The molecule has 25 heavy (non-hydrogen) atoms. The number of carbonyl (C=O) groups excluding carboxylic acids is 1. The molecule has 1 amide bonds. The summed E-state index contributed by atoms with van der Waals surface area (Å²) in [5, 5.41) is 0. The van der Waals surface area contributed by atoms with E-state index in [1.807, 2.05) is 55.0 Å². The fourth-order valence-corrected chi connectivity index (χ4v) is 3.17. The van der Waals surface area contributed by atoms with Crippen LogP contribution in [0.15, 0.2) is 30.7 Å². The Bertz CT molecular complexity index is 713. The number of ether oxygens (including phenoxy) is 1. The zero-order valence-electron chi connectivity index (χ0n) is 15.2. The van der Waals surface area contributed by atoms with Gasteiger partial charge in [0.25, 0.3) is 5.91 Å². The van der Waals surface area contributed by atoms with Crippen molar-refractivity contribution in [1.82, 2.24) is 19.4 Å². The molecule has 0 N–H and O–H groups in total. The Morgan fingerprint density at radius 3 is 2.40 bits per heavy atom. The van der Waals surface area contributed by atoms with E-state index in [0.717, 1.165) is 49.6 Å². The first-order chi connectivity index (χ1) is 12.0. The van der Waals surface area contributed by atoms with Crippen LogP contribution in [-0.2, 0) is 18.4 Å². The number of hydrogen-bond acceptors (Lipinski definition) is 4. The predicted molar refractivity (Wildman–Crippen MR) is 96.5 cm³/mol. The first-order valence-electron chi connectivity index (χ1n) is 8.67. The van der Waals surface area contributed by atoms with Gasteiger partial charge in [0.15, 0.2) is 6.61 Å². The third kappa shape index (κ3) is 4.60. The zero-order chi connectivity index (χ0) is 17.8.